The van der Waals surface area contributed by atoms with Crippen molar-refractivity contribution in [1.29, 1.82) is 0 Å². The number of anilines is 1. The van der Waals surface area contributed by atoms with E-state index in [4.69, 9.17) is 0 Å². The molecule has 11 heteroatoms. The van der Waals surface area contributed by atoms with Crippen LogP contribution < -0.4 is 10.1 Å². The van der Waals surface area contributed by atoms with Crippen LogP contribution in [0, 0.1) is 27.6 Å². The first kappa shape index (κ1) is 20.3. The van der Waals surface area contributed by atoms with Gasteiger partial charge in [0.15, 0.2) is 10.6 Å². The maximum Gasteiger partial charge on any atom is 0.271 e. The van der Waals surface area contributed by atoms with Gasteiger partial charge in [-0.2, -0.15) is 0 Å². The number of amides is 1. The zero-order valence-corrected chi connectivity index (χ0v) is 15.7. The Kier molecular flexibility index (Phi) is 5.78. The van der Waals surface area contributed by atoms with Gasteiger partial charge in [-0.1, -0.05) is 0 Å². The van der Waals surface area contributed by atoms with Gasteiger partial charge in [0.2, 0.25) is 5.91 Å². The number of carbonyl (C=O) groups is 1. The van der Waals surface area contributed by atoms with Gasteiger partial charge in [-0.3, -0.25) is 14.9 Å². The molecule has 0 fully saturated rings. The standard InChI is InChI=1S/C18H13F3N4O3S/c1-24-12(9-29-18(24)23-15-5-2-10(19)6-14(15)21)8-17(26)22-16-7-11(25(27)28)3-4-13(16)20/h2-7,9H,8H2,1H3,(H,22,26). The van der Waals surface area contributed by atoms with Crippen LogP contribution in [0.3, 0.4) is 0 Å². The molecule has 1 aromatic heterocycles. The van der Waals surface area contributed by atoms with Crippen molar-refractivity contribution in [2.75, 3.05) is 5.32 Å². The minimum absolute atomic E-state index is 0.0569. The highest BCUT2D eigenvalue weighted by atomic mass is 32.1. The number of halogens is 3. The van der Waals surface area contributed by atoms with Gasteiger partial charge in [-0.25, -0.2) is 18.2 Å². The molecule has 0 aliphatic carbocycles. The number of nitrogens with zero attached hydrogens (tertiary/aromatic N) is 3. The summed E-state index contributed by atoms with van der Waals surface area (Å²) >= 11 is 1.13. The molecule has 0 radical (unpaired) electrons. The molecule has 0 bridgehead atoms. The van der Waals surface area contributed by atoms with Crippen LogP contribution in [0.25, 0.3) is 0 Å². The molecule has 0 atom stereocenters. The first-order valence-electron chi connectivity index (χ1n) is 8.11. The summed E-state index contributed by atoms with van der Waals surface area (Å²) in [6.45, 7) is 0. The summed E-state index contributed by atoms with van der Waals surface area (Å²) in [4.78, 5) is 26.8. The number of nitro groups is 1. The number of thiazole rings is 1. The van der Waals surface area contributed by atoms with E-state index >= 15 is 0 Å². The molecule has 0 aliphatic rings. The van der Waals surface area contributed by atoms with Crippen LogP contribution in [0.1, 0.15) is 5.69 Å². The molecule has 3 aromatic rings. The average Bonchev–Trinajstić information content (AvgIpc) is 2.99. The fourth-order valence-corrected chi connectivity index (χ4v) is 3.33. The molecule has 7 nitrogen and oxygen atoms in total. The molecule has 0 saturated heterocycles. The van der Waals surface area contributed by atoms with Crippen molar-refractivity contribution >= 4 is 34.3 Å². The van der Waals surface area contributed by atoms with E-state index in [1.165, 1.54) is 10.6 Å². The lowest BCUT2D eigenvalue weighted by molar-refractivity contribution is -0.384. The first-order valence-corrected chi connectivity index (χ1v) is 8.99. The predicted molar refractivity (Wildman–Crippen MR) is 100 cm³/mol. The van der Waals surface area contributed by atoms with E-state index < -0.39 is 28.3 Å². The Morgan fingerprint density at radius 2 is 1.97 bits per heavy atom. The maximum absolute atomic E-state index is 13.8. The second-order valence-corrected chi connectivity index (χ2v) is 6.76. The second-order valence-electron chi connectivity index (χ2n) is 5.92. The highest BCUT2D eigenvalue weighted by molar-refractivity contribution is 7.07. The third-order valence-electron chi connectivity index (χ3n) is 3.92. The lowest BCUT2D eigenvalue weighted by Gasteiger charge is -2.07. The van der Waals surface area contributed by atoms with Gasteiger partial charge in [-0.15, -0.1) is 11.3 Å². The Labute approximate surface area is 165 Å². The van der Waals surface area contributed by atoms with Crippen molar-refractivity contribution < 1.29 is 22.9 Å². The zero-order valence-electron chi connectivity index (χ0n) is 14.9. The van der Waals surface area contributed by atoms with Crippen LogP contribution in [0.15, 0.2) is 46.8 Å². The topological polar surface area (TPSA) is 89.5 Å². The number of benzene rings is 2. The summed E-state index contributed by atoms with van der Waals surface area (Å²) in [7, 11) is 1.60. The molecule has 1 N–H and O–H groups in total. The van der Waals surface area contributed by atoms with Gasteiger partial charge in [-0.05, 0) is 18.2 Å². The molecule has 0 spiro atoms. The van der Waals surface area contributed by atoms with Gasteiger partial charge in [0.1, 0.15) is 17.3 Å². The Morgan fingerprint density at radius 3 is 2.66 bits per heavy atom. The van der Waals surface area contributed by atoms with Gasteiger partial charge in [0.05, 0.1) is 17.0 Å². The first-order chi connectivity index (χ1) is 13.7. The fourth-order valence-electron chi connectivity index (χ4n) is 2.42. The van der Waals surface area contributed by atoms with E-state index in [9.17, 15) is 28.1 Å². The molecule has 3 rings (SSSR count). The van der Waals surface area contributed by atoms with Crippen LogP contribution in [-0.2, 0) is 18.3 Å². The second kappa shape index (κ2) is 8.27. The summed E-state index contributed by atoms with van der Waals surface area (Å²) in [5.74, 6) is -2.94. The van der Waals surface area contributed by atoms with Crippen molar-refractivity contribution in [3.8, 4) is 0 Å². The number of aromatic nitrogens is 1. The van der Waals surface area contributed by atoms with E-state index in [0.29, 0.717) is 16.6 Å². The minimum Gasteiger partial charge on any atom is -0.323 e. The van der Waals surface area contributed by atoms with Crippen molar-refractivity contribution in [2.24, 2.45) is 12.0 Å². The summed E-state index contributed by atoms with van der Waals surface area (Å²) in [5, 5.41) is 14.7. The number of rotatable bonds is 5. The molecule has 0 unspecified atom stereocenters. The van der Waals surface area contributed by atoms with Gasteiger partial charge in [0, 0.05) is 36.3 Å². The molecular formula is C18H13F3N4O3S. The normalized spacial score (nSPS) is 11.5. The van der Waals surface area contributed by atoms with E-state index in [1.807, 2.05) is 0 Å². The highest BCUT2D eigenvalue weighted by Gasteiger charge is 2.15. The smallest absolute Gasteiger partial charge is 0.271 e. The Morgan fingerprint density at radius 1 is 1.21 bits per heavy atom. The lowest BCUT2D eigenvalue weighted by Crippen LogP contribution is -2.20. The number of hydrogen-bond acceptors (Lipinski definition) is 5. The van der Waals surface area contributed by atoms with Crippen molar-refractivity contribution in [1.82, 2.24) is 4.57 Å². The summed E-state index contributed by atoms with van der Waals surface area (Å²) in [6.07, 6.45) is -0.170. The molecule has 0 aliphatic heterocycles. The van der Waals surface area contributed by atoms with Gasteiger partial charge in [0.25, 0.3) is 5.69 Å². The molecule has 0 saturated carbocycles. The number of hydrogen-bond donors (Lipinski definition) is 1. The van der Waals surface area contributed by atoms with Crippen LogP contribution in [0.5, 0.6) is 0 Å². The minimum atomic E-state index is -0.821. The molecule has 1 heterocycles. The van der Waals surface area contributed by atoms with Crippen LogP contribution in [-0.4, -0.2) is 15.4 Å². The zero-order chi connectivity index (χ0) is 21.1. The van der Waals surface area contributed by atoms with Gasteiger partial charge < -0.3 is 9.88 Å². The highest BCUT2D eigenvalue weighted by Crippen LogP contribution is 2.22. The SMILES string of the molecule is Cn1c(CC(=O)Nc2cc([N+](=O)[O-])ccc2F)csc1=Nc1ccc(F)cc1F. The number of nitrogens with one attached hydrogen (secondary N) is 1. The molecule has 1 amide bonds. The van der Waals surface area contributed by atoms with Crippen LogP contribution in [0.4, 0.5) is 30.2 Å². The van der Waals surface area contributed by atoms with Gasteiger partial charge >= 0.3 is 0 Å². The molecule has 2 aromatic carbocycles. The van der Waals surface area contributed by atoms with E-state index in [2.05, 4.69) is 10.3 Å². The largest absolute Gasteiger partial charge is 0.323 e. The molecule has 150 valence electrons. The van der Waals surface area contributed by atoms with Crippen molar-refractivity contribution in [2.45, 2.75) is 6.42 Å². The van der Waals surface area contributed by atoms with Crippen LogP contribution >= 0.6 is 11.3 Å². The maximum atomic E-state index is 13.8. The third kappa shape index (κ3) is 4.69. The van der Waals surface area contributed by atoms with Crippen molar-refractivity contribution in [3.05, 3.63) is 79.8 Å². The Bertz CT molecular complexity index is 1170. The summed E-state index contributed by atoms with van der Waals surface area (Å²) in [5.41, 5.74) is -0.219. The fraction of sp³-hybridized carbons (Fsp3) is 0.111. The quantitative estimate of drug-likeness (QED) is 0.501. The summed E-state index contributed by atoms with van der Waals surface area (Å²) < 4.78 is 42.1. The lowest BCUT2D eigenvalue weighted by atomic mass is 10.2. The van der Waals surface area contributed by atoms with E-state index in [0.717, 1.165) is 35.6 Å². The molecular weight excluding hydrogens is 409 g/mol. The number of nitro benzene ring substituents is 1. The third-order valence-corrected chi connectivity index (χ3v) is 4.89. The molecule has 29 heavy (non-hydrogen) atoms. The average molecular weight is 422 g/mol. The van der Waals surface area contributed by atoms with Crippen LogP contribution in [0.2, 0.25) is 0 Å². The van der Waals surface area contributed by atoms with E-state index in [1.54, 1.807) is 12.4 Å². The number of carbonyl (C=O) groups excluding carboxylic acids is 1. The predicted octanol–water partition coefficient (Wildman–Crippen LogP) is 3.83. The number of non-ortho nitro benzene ring substituents is 1. The van der Waals surface area contributed by atoms with Crippen molar-refractivity contribution in [3.63, 3.8) is 0 Å². The monoisotopic (exact) mass is 422 g/mol. The Hall–Kier alpha value is -3.47. The van der Waals surface area contributed by atoms with E-state index in [-0.39, 0.29) is 23.5 Å². The summed E-state index contributed by atoms with van der Waals surface area (Å²) in [6, 6.07) is 5.81. The Balaban J connectivity index is 1.80.